The molecule has 0 saturated heterocycles. The molecule has 0 aliphatic carbocycles. The van der Waals surface area contributed by atoms with E-state index in [0.29, 0.717) is 11.2 Å². The number of anilines is 1. The lowest BCUT2D eigenvalue weighted by molar-refractivity contribution is -0.144. The number of hydrogen-bond donors (Lipinski definition) is 1. The number of carbonyl (C=O) groups excluding carboxylic acids is 1. The van der Waals surface area contributed by atoms with E-state index in [2.05, 4.69) is 36.4 Å². The highest BCUT2D eigenvalue weighted by atomic mass is 79.9. The van der Waals surface area contributed by atoms with Gasteiger partial charge < -0.3 is 0 Å². The number of amides is 1. The summed E-state index contributed by atoms with van der Waals surface area (Å²) >= 11 is 2.79. The minimum atomic E-state index is -4.64. The molecule has 0 unspecified atom stereocenters. The Kier molecular flexibility index (Phi) is 4.81. The van der Waals surface area contributed by atoms with E-state index in [1.807, 2.05) is 30.3 Å². The first kappa shape index (κ1) is 18.1. The zero-order chi connectivity index (χ0) is 18.9. The highest BCUT2D eigenvalue weighted by molar-refractivity contribution is 9.10. The summed E-state index contributed by atoms with van der Waals surface area (Å²) in [6.45, 7) is 0.440. The molecule has 0 atom stereocenters. The first-order valence-corrected chi connectivity index (χ1v) is 8.09. The van der Waals surface area contributed by atoms with Gasteiger partial charge in [-0.05, 0) is 21.5 Å². The van der Waals surface area contributed by atoms with Crippen molar-refractivity contribution >= 4 is 27.8 Å². The zero-order valence-corrected chi connectivity index (χ0v) is 14.9. The molecule has 26 heavy (non-hydrogen) atoms. The van der Waals surface area contributed by atoms with Crippen molar-refractivity contribution in [2.45, 2.75) is 12.7 Å². The molecule has 1 N–H and O–H groups in total. The number of nitrogens with one attached hydrogen (secondary N) is 1. The van der Waals surface area contributed by atoms with Gasteiger partial charge in [0, 0.05) is 7.05 Å². The van der Waals surface area contributed by atoms with Gasteiger partial charge in [0.25, 0.3) is 5.91 Å². The Hall–Kier alpha value is -2.69. The van der Waals surface area contributed by atoms with Crippen molar-refractivity contribution in [3.8, 4) is 0 Å². The Labute approximate surface area is 154 Å². The maximum absolute atomic E-state index is 13.0. The van der Waals surface area contributed by atoms with Gasteiger partial charge in [-0.1, -0.05) is 30.3 Å². The van der Waals surface area contributed by atoms with Crippen LogP contribution in [0.5, 0.6) is 0 Å². The molecule has 11 heteroatoms. The molecule has 1 aromatic carbocycles. The van der Waals surface area contributed by atoms with Gasteiger partial charge in [0.05, 0.1) is 11.0 Å². The highest BCUT2D eigenvalue weighted by Gasteiger charge is 2.39. The van der Waals surface area contributed by atoms with Gasteiger partial charge in [0.15, 0.2) is 11.4 Å². The van der Waals surface area contributed by atoms with Crippen LogP contribution >= 0.6 is 15.9 Å². The van der Waals surface area contributed by atoms with E-state index < -0.39 is 27.9 Å². The van der Waals surface area contributed by atoms with Crippen LogP contribution in [0.1, 0.15) is 21.7 Å². The van der Waals surface area contributed by atoms with Crippen LogP contribution < -0.4 is 5.32 Å². The molecular formula is C15H12BrF3N6O. The lowest BCUT2D eigenvalue weighted by Gasteiger charge is -2.06. The fraction of sp³-hybridized carbons (Fsp3) is 0.200. The van der Waals surface area contributed by atoms with Crippen LogP contribution in [-0.2, 0) is 19.8 Å². The first-order chi connectivity index (χ1) is 12.3. The maximum atomic E-state index is 13.0. The number of carbonyl (C=O) groups is 1. The van der Waals surface area contributed by atoms with Crippen molar-refractivity contribution in [3.05, 3.63) is 58.1 Å². The lowest BCUT2D eigenvalue weighted by atomic mass is 10.2. The second-order valence-corrected chi connectivity index (χ2v) is 6.13. The smallest absolute Gasteiger partial charge is 0.288 e. The molecule has 0 spiro atoms. The summed E-state index contributed by atoms with van der Waals surface area (Å²) in [6, 6.07) is 9.46. The maximum Gasteiger partial charge on any atom is 0.434 e. The Balaban J connectivity index is 1.75. The molecule has 0 aliphatic heterocycles. The largest absolute Gasteiger partial charge is 0.434 e. The topological polar surface area (TPSA) is 77.6 Å². The van der Waals surface area contributed by atoms with Gasteiger partial charge in [0.2, 0.25) is 5.95 Å². The van der Waals surface area contributed by atoms with Gasteiger partial charge in [-0.25, -0.2) is 9.67 Å². The van der Waals surface area contributed by atoms with Crippen molar-refractivity contribution < 1.29 is 18.0 Å². The standard InChI is InChI=1S/C15H12BrF3N6O/c1-24-12(15(17,18)19)10(16)11(22-24)13(26)21-14-20-8-25(23-14)7-9-5-3-2-4-6-9/h2-6,8H,7H2,1H3,(H,21,23,26). The summed E-state index contributed by atoms with van der Waals surface area (Å²) in [5, 5.41) is 10.0. The minimum Gasteiger partial charge on any atom is -0.288 e. The van der Waals surface area contributed by atoms with Gasteiger partial charge >= 0.3 is 6.18 Å². The van der Waals surface area contributed by atoms with E-state index >= 15 is 0 Å². The quantitative estimate of drug-likeness (QED) is 0.692. The van der Waals surface area contributed by atoms with Gasteiger partial charge in [-0.2, -0.15) is 18.3 Å². The Morgan fingerprint density at radius 1 is 1.23 bits per heavy atom. The normalized spacial score (nSPS) is 11.6. The van der Waals surface area contributed by atoms with E-state index in [1.54, 1.807) is 0 Å². The predicted molar refractivity (Wildman–Crippen MR) is 89.4 cm³/mol. The third-order valence-corrected chi connectivity index (χ3v) is 4.17. The summed E-state index contributed by atoms with van der Waals surface area (Å²) in [7, 11) is 1.11. The van der Waals surface area contributed by atoms with Gasteiger partial charge in [0.1, 0.15) is 6.33 Å². The van der Waals surface area contributed by atoms with Crippen LogP contribution in [0, 0.1) is 0 Å². The van der Waals surface area contributed by atoms with E-state index in [1.165, 1.54) is 11.0 Å². The van der Waals surface area contributed by atoms with Crippen molar-refractivity contribution in [2.75, 3.05) is 5.32 Å². The number of hydrogen-bond acceptors (Lipinski definition) is 4. The second kappa shape index (κ2) is 6.90. The molecule has 0 bridgehead atoms. The fourth-order valence-electron chi connectivity index (χ4n) is 2.31. The van der Waals surface area contributed by atoms with Crippen LogP contribution in [-0.4, -0.2) is 30.5 Å². The van der Waals surface area contributed by atoms with E-state index in [-0.39, 0.29) is 5.95 Å². The molecule has 2 aromatic heterocycles. The molecule has 2 heterocycles. The van der Waals surface area contributed by atoms with Crippen molar-refractivity contribution in [2.24, 2.45) is 7.05 Å². The van der Waals surface area contributed by atoms with E-state index in [0.717, 1.165) is 12.6 Å². The van der Waals surface area contributed by atoms with Crippen molar-refractivity contribution in [3.63, 3.8) is 0 Å². The van der Waals surface area contributed by atoms with Crippen molar-refractivity contribution in [1.82, 2.24) is 24.5 Å². The molecule has 0 saturated carbocycles. The van der Waals surface area contributed by atoms with Gasteiger partial charge in [-0.15, -0.1) is 5.10 Å². The fourth-order valence-corrected chi connectivity index (χ4v) is 3.05. The third kappa shape index (κ3) is 3.77. The number of aromatic nitrogens is 5. The van der Waals surface area contributed by atoms with Crippen LogP contribution in [0.25, 0.3) is 0 Å². The Bertz CT molecular complexity index is 935. The Morgan fingerprint density at radius 3 is 2.54 bits per heavy atom. The Morgan fingerprint density at radius 2 is 1.92 bits per heavy atom. The second-order valence-electron chi connectivity index (χ2n) is 5.34. The summed E-state index contributed by atoms with van der Waals surface area (Å²) in [6.07, 6.45) is -3.23. The highest BCUT2D eigenvalue weighted by Crippen LogP contribution is 2.36. The van der Waals surface area contributed by atoms with Crippen LogP contribution in [0.2, 0.25) is 0 Å². The molecule has 3 rings (SSSR count). The average molecular weight is 429 g/mol. The molecule has 0 fully saturated rings. The number of benzene rings is 1. The molecule has 0 radical (unpaired) electrons. The number of nitrogens with zero attached hydrogens (tertiary/aromatic N) is 5. The van der Waals surface area contributed by atoms with E-state index in [4.69, 9.17) is 0 Å². The predicted octanol–water partition coefficient (Wildman–Crippen LogP) is 3.09. The van der Waals surface area contributed by atoms with Crippen LogP contribution in [0.3, 0.4) is 0 Å². The monoisotopic (exact) mass is 428 g/mol. The minimum absolute atomic E-state index is 0.0305. The third-order valence-electron chi connectivity index (χ3n) is 3.42. The van der Waals surface area contributed by atoms with Gasteiger partial charge in [-0.3, -0.25) is 14.8 Å². The summed E-state index contributed by atoms with van der Waals surface area (Å²) in [4.78, 5) is 16.2. The SMILES string of the molecule is Cn1nc(C(=O)Nc2ncn(Cc3ccccc3)n2)c(Br)c1C(F)(F)F. The molecule has 1 amide bonds. The number of rotatable bonds is 4. The molecular weight excluding hydrogens is 417 g/mol. The van der Waals surface area contributed by atoms with Crippen LogP contribution in [0.4, 0.5) is 19.1 Å². The van der Waals surface area contributed by atoms with Crippen molar-refractivity contribution in [1.29, 1.82) is 0 Å². The zero-order valence-electron chi connectivity index (χ0n) is 13.3. The van der Waals surface area contributed by atoms with E-state index in [9.17, 15) is 18.0 Å². The molecule has 7 nitrogen and oxygen atoms in total. The summed E-state index contributed by atoms with van der Waals surface area (Å²) in [5.41, 5.74) is -0.470. The lowest BCUT2D eigenvalue weighted by Crippen LogP contribution is -2.15. The van der Waals surface area contributed by atoms with Crippen LogP contribution in [0.15, 0.2) is 41.1 Å². The molecule has 0 aliphatic rings. The summed E-state index contributed by atoms with van der Waals surface area (Å²) in [5.74, 6) is -0.877. The average Bonchev–Trinajstić information content (AvgIpc) is 3.11. The number of halogens is 4. The first-order valence-electron chi connectivity index (χ1n) is 7.30. The number of alkyl halides is 3. The number of aryl methyl sites for hydroxylation is 1. The molecule has 3 aromatic rings. The molecule has 136 valence electrons. The summed E-state index contributed by atoms with van der Waals surface area (Å²) < 4.78 is 40.6.